The summed E-state index contributed by atoms with van der Waals surface area (Å²) in [6, 6.07) is 5.38. The third kappa shape index (κ3) is 2.25. The highest BCUT2D eigenvalue weighted by Crippen LogP contribution is 2.25. The summed E-state index contributed by atoms with van der Waals surface area (Å²) in [7, 11) is 1.61. The van der Waals surface area contributed by atoms with Crippen LogP contribution in [0, 0.1) is 0 Å². The zero-order valence-corrected chi connectivity index (χ0v) is 8.76. The Morgan fingerprint density at radius 3 is 2.71 bits per heavy atom. The maximum absolute atomic E-state index is 11.1. The highest BCUT2D eigenvalue weighted by molar-refractivity contribution is 5.95. The fraction of sp³-hybridized carbons (Fsp3) is 0.364. The average Bonchev–Trinajstić information content (AvgIpc) is 2.18. The number of hydrogen-bond acceptors (Lipinski definition) is 3. The van der Waals surface area contributed by atoms with Crippen molar-refractivity contribution in [2.45, 2.75) is 13.8 Å². The maximum Gasteiger partial charge on any atom is 0.159 e. The number of benzene rings is 1. The van der Waals surface area contributed by atoms with E-state index in [1.165, 1.54) is 0 Å². The number of rotatable bonds is 4. The van der Waals surface area contributed by atoms with E-state index in [1.54, 1.807) is 26.2 Å². The van der Waals surface area contributed by atoms with Crippen molar-refractivity contribution in [1.82, 2.24) is 0 Å². The lowest BCUT2D eigenvalue weighted by Gasteiger charge is -2.10. The van der Waals surface area contributed by atoms with Gasteiger partial charge in [0.05, 0.1) is 12.8 Å². The first kappa shape index (κ1) is 10.6. The minimum atomic E-state index is 0.0619. The van der Waals surface area contributed by atoms with Crippen molar-refractivity contribution < 1.29 is 9.53 Å². The van der Waals surface area contributed by atoms with Gasteiger partial charge in [-0.15, -0.1) is 0 Å². The Bertz CT molecular complexity index is 334. The molecule has 0 aliphatic heterocycles. The first-order chi connectivity index (χ1) is 6.69. The van der Waals surface area contributed by atoms with Crippen molar-refractivity contribution in [3.8, 4) is 5.75 Å². The van der Waals surface area contributed by atoms with E-state index in [2.05, 4.69) is 5.32 Å². The molecular formula is C11H15NO2. The highest BCUT2D eigenvalue weighted by Gasteiger charge is 2.05. The fourth-order valence-corrected chi connectivity index (χ4v) is 1.26. The topological polar surface area (TPSA) is 38.3 Å². The maximum atomic E-state index is 11.1. The van der Waals surface area contributed by atoms with Gasteiger partial charge < -0.3 is 10.1 Å². The van der Waals surface area contributed by atoms with Crippen molar-refractivity contribution in [1.29, 1.82) is 0 Å². The molecule has 1 aromatic rings. The summed E-state index contributed by atoms with van der Waals surface area (Å²) in [5.41, 5.74) is 1.56. The quantitative estimate of drug-likeness (QED) is 0.746. The summed E-state index contributed by atoms with van der Waals surface area (Å²) < 4.78 is 5.16. The van der Waals surface area contributed by atoms with Gasteiger partial charge in [-0.1, -0.05) is 0 Å². The molecule has 0 saturated carbocycles. The molecule has 0 amide bonds. The molecule has 1 aromatic carbocycles. The van der Waals surface area contributed by atoms with Gasteiger partial charge in [0.25, 0.3) is 0 Å². The lowest BCUT2D eigenvalue weighted by Crippen LogP contribution is -2.01. The molecule has 3 nitrogen and oxygen atoms in total. The zero-order valence-electron chi connectivity index (χ0n) is 8.76. The summed E-state index contributed by atoms with van der Waals surface area (Å²) in [5, 5.41) is 3.15. The van der Waals surface area contributed by atoms with E-state index in [9.17, 15) is 4.79 Å². The number of ketones is 1. The van der Waals surface area contributed by atoms with Gasteiger partial charge in [-0.25, -0.2) is 0 Å². The molecule has 1 rings (SSSR count). The molecule has 14 heavy (non-hydrogen) atoms. The van der Waals surface area contributed by atoms with Crippen LogP contribution >= 0.6 is 0 Å². The van der Waals surface area contributed by atoms with Crippen LogP contribution in [0.1, 0.15) is 24.2 Å². The predicted octanol–water partition coefficient (Wildman–Crippen LogP) is 2.33. The Morgan fingerprint density at radius 1 is 1.50 bits per heavy atom. The fourth-order valence-electron chi connectivity index (χ4n) is 1.26. The molecule has 0 saturated heterocycles. The van der Waals surface area contributed by atoms with Gasteiger partial charge in [0.2, 0.25) is 0 Å². The van der Waals surface area contributed by atoms with Crippen LogP contribution in [0.15, 0.2) is 18.2 Å². The van der Waals surface area contributed by atoms with Gasteiger partial charge in [0.1, 0.15) is 5.75 Å². The number of nitrogens with one attached hydrogen (secondary N) is 1. The van der Waals surface area contributed by atoms with Crippen LogP contribution < -0.4 is 10.1 Å². The SMILES string of the molecule is CCNc1cc(C(C)=O)ccc1OC. The van der Waals surface area contributed by atoms with E-state index < -0.39 is 0 Å². The summed E-state index contributed by atoms with van der Waals surface area (Å²) in [5.74, 6) is 0.823. The molecule has 0 aliphatic rings. The second-order valence-electron chi connectivity index (χ2n) is 3.00. The largest absolute Gasteiger partial charge is 0.495 e. The van der Waals surface area contributed by atoms with Crippen LogP contribution in [-0.4, -0.2) is 19.4 Å². The van der Waals surface area contributed by atoms with Crippen molar-refractivity contribution in [2.24, 2.45) is 0 Å². The first-order valence-corrected chi connectivity index (χ1v) is 4.62. The predicted molar refractivity (Wildman–Crippen MR) is 57.2 cm³/mol. The van der Waals surface area contributed by atoms with E-state index in [1.807, 2.05) is 13.0 Å². The Balaban J connectivity index is 3.07. The molecule has 76 valence electrons. The minimum Gasteiger partial charge on any atom is -0.495 e. The third-order valence-corrected chi connectivity index (χ3v) is 1.97. The van der Waals surface area contributed by atoms with Crippen molar-refractivity contribution in [3.05, 3.63) is 23.8 Å². The molecular weight excluding hydrogens is 178 g/mol. The Hall–Kier alpha value is -1.51. The molecule has 3 heteroatoms. The van der Waals surface area contributed by atoms with Gasteiger partial charge in [-0.2, -0.15) is 0 Å². The van der Waals surface area contributed by atoms with E-state index in [0.29, 0.717) is 5.56 Å². The Labute approximate surface area is 84.1 Å². The van der Waals surface area contributed by atoms with Gasteiger partial charge in [0, 0.05) is 12.1 Å². The second kappa shape index (κ2) is 4.65. The van der Waals surface area contributed by atoms with Crippen molar-refractivity contribution in [2.75, 3.05) is 19.0 Å². The first-order valence-electron chi connectivity index (χ1n) is 4.62. The lowest BCUT2D eigenvalue weighted by atomic mass is 10.1. The van der Waals surface area contributed by atoms with E-state index in [0.717, 1.165) is 18.0 Å². The number of Topliss-reactive ketones (excluding diaryl/α,β-unsaturated/α-hetero) is 1. The van der Waals surface area contributed by atoms with Crippen molar-refractivity contribution in [3.63, 3.8) is 0 Å². The molecule has 0 aromatic heterocycles. The molecule has 0 fully saturated rings. The molecule has 1 N–H and O–H groups in total. The standard InChI is InChI=1S/C11H15NO2/c1-4-12-10-7-9(8(2)13)5-6-11(10)14-3/h5-7,12H,4H2,1-3H3. The molecule has 0 unspecified atom stereocenters. The summed E-state index contributed by atoms with van der Waals surface area (Å²) in [4.78, 5) is 11.1. The van der Waals surface area contributed by atoms with E-state index in [4.69, 9.17) is 4.74 Å². The summed E-state index contributed by atoms with van der Waals surface area (Å²) in [6.07, 6.45) is 0. The number of carbonyl (C=O) groups is 1. The van der Waals surface area contributed by atoms with Gasteiger partial charge in [0.15, 0.2) is 5.78 Å². The van der Waals surface area contributed by atoms with Crippen LogP contribution in [0.4, 0.5) is 5.69 Å². The summed E-state index contributed by atoms with van der Waals surface area (Å²) >= 11 is 0. The molecule has 0 heterocycles. The molecule has 0 aliphatic carbocycles. The van der Waals surface area contributed by atoms with Gasteiger partial charge in [-0.3, -0.25) is 4.79 Å². The zero-order chi connectivity index (χ0) is 10.6. The molecule has 0 radical (unpaired) electrons. The smallest absolute Gasteiger partial charge is 0.159 e. The average molecular weight is 193 g/mol. The normalized spacial score (nSPS) is 9.64. The highest BCUT2D eigenvalue weighted by atomic mass is 16.5. The van der Waals surface area contributed by atoms with Crippen LogP contribution in [0.2, 0.25) is 0 Å². The Morgan fingerprint density at radius 2 is 2.21 bits per heavy atom. The molecule has 0 spiro atoms. The number of methoxy groups -OCH3 is 1. The number of carbonyl (C=O) groups excluding carboxylic acids is 1. The van der Waals surface area contributed by atoms with Gasteiger partial charge >= 0.3 is 0 Å². The summed E-state index contributed by atoms with van der Waals surface area (Å²) in [6.45, 7) is 4.36. The molecule has 0 bridgehead atoms. The van der Waals surface area contributed by atoms with Crippen LogP contribution in [0.5, 0.6) is 5.75 Å². The van der Waals surface area contributed by atoms with E-state index >= 15 is 0 Å². The number of hydrogen-bond donors (Lipinski definition) is 1. The van der Waals surface area contributed by atoms with E-state index in [-0.39, 0.29) is 5.78 Å². The van der Waals surface area contributed by atoms with Crippen molar-refractivity contribution >= 4 is 11.5 Å². The monoisotopic (exact) mass is 193 g/mol. The van der Waals surface area contributed by atoms with Crippen LogP contribution in [0.3, 0.4) is 0 Å². The van der Waals surface area contributed by atoms with Crippen LogP contribution in [0.25, 0.3) is 0 Å². The Kier molecular flexibility index (Phi) is 3.51. The van der Waals surface area contributed by atoms with Gasteiger partial charge in [-0.05, 0) is 32.0 Å². The minimum absolute atomic E-state index is 0.0619. The number of anilines is 1. The lowest BCUT2D eigenvalue weighted by molar-refractivity contribution is 0.101. The second-order valence-corrected chi connectivity index (χ2v) is 3.00. The van der Waals surface area contributed by atoms with Crippen LogP contribution in [-0.2, 0) is 0 Å². The number of ether oxygens (including phenoxy) is 1. The third-order valence-electron chi connectivity index (χ3n) is 1.97. The molecule has 0 atom stereocenters.